The van der Waals surface area contributed by atoms with Gasteiger partial charge in [0.1, 0.15) is 0 Å². The Morgan fingerprint density at radius 3 is 2.84 bits per heavy atom. The lowest BCUT2D eigenvalue weighted by Gasteiger charge is -2.20. The van der Waals surface area contributed by atoms with E-state index in [2.05, 4.69) is 41.3 Å². The van der Waals surface area contributed by atoms with E-state index in [0.717, 1.165) is 13.0 Å². The molecule has 0 radical (unpaired) electrons. The van der Waals surface area contributed by atoms with E-state index in [1.807, 2.05) is 18.2 Å². The van der Waals surface area contributed by atoms with E-state index in [9.17, 15) is 0 Å². The highest BCUT2D eigenvalue weighted by Crippen LogP contribution is 2.19. The summed E-state index contributed by atoms with van der Waals surface area (Å²) >= 11 is 5.24. The molecule has 3 N–H and O–H groups in total. The van der Waals surface area contributed by atoms with Gasteiger partial charge in [-0.05, 0) is 43.0 Å². The molecule has 0 aliphatic heterocycles. The van der Waals surface area contributed by atoms with E-state index in [0.29, 0.717) is 11.0 Å². The minimum atomic E-state index is 0.628. The molecular weight excluding hydrogens is 254 g/mol. The molecule has 0 aromatic heterocycles. The van der Waals surface area contributed by atoms with E-state index < -0.39 is 0 Å². The van der Waals surface area contributed by atoms with Crippen molar-refractivity contribution in [3.05, 3.63) is 47.7 Å². The third-order valence-corrected chi connectivity index (χ3v) is 3.47. The molecule has 4 heteroatoms. The highest BCUT2D eigenvalue weighted by atomic mass is 32.1. The highest BCUT2D eigenvalue weighted by molar-refractivity contribution is 7.80. The van der Waals surface area contributed by atoms with Crippen LogP contribution in [0.25, 0.3) is 0 Å². The van der Waals surface area contributed by atoms with Crippen molar-refractivity contribution in [3.8, 4) is 0 Å². The molecule has 102 valence electrons. The Morgan fingerprint density at radius 2 is 2.11 bits per heavy atom. The van der Waals surface area contributed by atoms with Gasteiger partial charge in [0.05, 0.1) is 0 Å². The van der Waals surface area contributed by atoms with Crippen molar-refractivity contribution in [2.45, 2.75) is 32.7 Å². The van der Waals surface area contributed by atoms with Crippen LogP contribution in [0.3, 0.4) is 0 Å². The van der Waals surface area contributed by atoms with Crippen molar-refractivity contribution >= 4 is 17.3 Å². The molecule has 19 heavy (non-hydrogen) atoms. The van der Waals surface area contributed by atoms with Gasteiger partial charge in [0.2, 0.25) is 0 Å². The number of nitrogens with one attached hydrogen (secondary N) is 3. The first-order valence-electron chi connectivity index (χ1n) is 6.78. The van der Waals surface area contributed by atoms with Gasteiger partial charge in [0, 0.05) is 12.2 Å². The number of thiocarbonyl (C=S) groups is 1. The smallest absolute Gasteiger partial charge is 0.185 e. The first-order chi connectivity index (χ1) is 9.24. The molecule has 1 aliphatic carbocycles. The van der Waals surface area contributed by atoms with Crippen LogP contribution in [-0.4, -0.2) is 5.11 Å². The molecule has 0 saturated heterocycles. The summed E-state index contributed by atoms with van der Waals surface area (Å²) in [6.45, 7) is 2.98. The highest BCUT2D eigenvalue weighted by Gasteiger charge is 2.09. The van der Waals surface area contributed by atoms with E-state index in [1.165, 1.54) is 24.1 Å². The fraction of sp³-hybridized carbons (Fsp3) is 0.400. The molecule has 2 rings (SSSR count). The van der Waals surface area contributed by atoms with Gasteiger partial charge in [0.15, 0.2) is 5.11 Å². The van der Waals surface area contributed by atoms with Crippen molar-refractivity contribution in [2.75, 3.05) is 0 Å². The second-order valence-electron chi connectivity index (χ2n) is 4.98. The maximum absolute atomic E-state index is 5.24. The van der Waals surface area contributed by atoms with Crippen LogP contribution in [0, 0.1) is 5.92 Å². The first-order valence-corrected chi connectivity index (χ1v) is 7.19. The maximum atomic E-state index is 5.24. The molecule has 0 unspecified atom stereocenters. The first kappa shape index (κ1) is 13.9. The fourth-order valence-electron chi connectivity index (χ4n) is 2.19. The second kappa shape index (κ2) is 7.14. The van der Waals surface area contributed by atoms with Crippen molar-refractivity contribution in [2.24, 2.45) is 5.92 Å². The molecule has 1 aromatic rings. The second-order valence-corrected chi connectivity index (χ2v) is 5.39. The molecule has 0 spiro atoms. The van der Waals surface area contributed by atoms with Crippen LogP contribution < -0.4 is 16.2 Å². The topological polar surface area (TPSA) is 36.1 Å². The molecule has 0 saturated carbocycles. The Labute approximate surface area is 120 Å². The number of hydrogen-bond acceptors (Lipinski definition) is 2. The molecule has 0 fully saturated rings. The Kier molecular flexibility index (Phi) is 5.21. The summed E-state index contributed by atoms with van der Waals surface area (Å²) in [5, 5.41) is 3.81. The van der Waals surface area contributed by atoms with Crippen LogP contribution in [0.4, 0.5) is 0 Å². The minimum absolute atomic E-state index is 0.628. The van der Waals surface area contributed by atoms with Crippen molar-refractivity contribution in [3.63, 3.8) is 0 Å². The van der Waals surface area contributed by atoms with E-state index >= 15 is 0 Å². The van der Waals surface area contributed by atoms with Gasteiger partial charge in [-0.3, -0.25) is 5.43 Å². The Morgan fingerprint density at radius 1 is 1.32 bits per heavy atom. The summed E-state index contributed by atoms with van der Waals surface area (Å²) in [5.41, 5.74) is 8.70. The maximum Gasteiger partial charge on any atom is 0.185 e. The molecule has 1 aromatic carbocycles. The van der Waals surface area contributed by atoms with Gasteiger partial charge in [-0.25, -0.2) is 0 Å². The zero-order chi connectivity index (χ0) is 13.5. The van der Waals surface area contributed by atoms with Crippen molar-refractivity contribution in [1.29, 1.82) is 0 Å². The van der Waals surface area contributed by atoms with E-state index in [1.54, 1.807) is 0 Å². The summed E-state index contributed by atoms with van der Waals surface area (Å²) in [6, 6.07) is 10.2. The monoisotopic (exact) mass is 275 g/mol. The van der Waals surface area contributed by atoms with Crippen LogP contribution in [0.5, 0.6) is 0 Å². The van der Waals surface area contributed by atoms with Crippen LogP contribution >= 0.6 is 12.2 Å². The Hall–Kier alpha value is -1.55. The fourth-order valence-corrected chi connectivity index (χ4v) is 2.31. The van der Waals surface area contributed by atoms with Gasteiger partial charge in [-0.2, -0.15) is 0 Å². The summed E-state index contributed by atoms with van der Waals surface area (Å²) < 4.78 is 0. The molecule has 1 aliphatic rings. The molecule has 1 atom stereocenters. The molecular formula is C15H21N3S. The number of hydrogen-bond donors (Lipinski definition) is 3. The van der Waals surface area contributed by atoms with E-state index in [4.69, 9.17) is 12.2 Å². The summed E-state index contributed by atoms with van der Waals surface area (Å²) in [5.74, 6) is 0.656. The lowest BCUT2D eigenvalue weighted by molar-refractivity contribution is 0.534. The molecule has 0 bridgehead atoms. The summed E-state index contributed by atoms with van der Waals surface area (Å²) in [6.07, 6.45) is 5.89. The lowest BCUT2D eigenvalue weighted by atomic mass is 9.96. The summed E-state index contributed by atoms with van der Waals surface area (Å²) in [7, 11) is 0. The van der Waals surface area contributed by atoms with Crippen LogP contribution in [0.2, 0.25) is 0 Å². The predicted molar refractivity (Wildman–Crippen MR) is 83.2 cm³/mol. The van der Waals surface area contributed by atoms with Gasteiger partial charge < -0.3 is 10.7 Å². The van der Waals surface area contributed by atoms with Crippen molar-refractivity contribution in [1.82, 2.24) is 16.2 Å². The average Bonchev–Trinajstić information content (AvgIpc) is 2.44. The van der Waals surface area contributed by atoms with Gasteiger partial charge in [-0.1, -0.05) is 43.3 Å². The average molecular weight is 275 g/mol. The lowest BCUT2D eigenvalue weighted by Crippen LogP contribution is -2.43. The zero-order valence-corrected chi connectivity index (χ0v) is 12.1. The SMILES string of the molecule is C[C@@H]1C=C(NNC(=S)NCc2ccccc2)CCC1. The van der Waals surface area contributed by atoms with Crippen LogP contribution in [0.1, 0.15) is 31.7 Å². The van der Waals surface area contributed by atoms with Crippen molar-refractivity contribution < 1.29 is 0 Å². The number of rotatable bonds is 4. The van der Waals surface area contributed by atoms with E-state index in [-0.39, 0.29) is 0 Å². The van der Waals surface area contributed by atoms with Gasteiger partial charge in [-0.15, -0.1) is 0 Å². The normalized spacial score (nSPS) is 18.4. The van der Waals surface area contributed by atoms with Gasteiger partial charge >= 0.3 is 0 Å². The Bertz CT molecular complexity index is 442. The van der Waals surface area contributed by atoms with Crippen LogP contribution in [0.15, 0.2) is 42.1 Å². The quantitative estimate of drug-likeness (QED) is 0.583. The third kappa shape index (κ3) is 4.91. The molecule has 0 amide bonds. The van der Waals surface area contributed by atoms with Gasteiger partial charge in [0.25, 0.3) is 0 Å². The number of hydrazine groups is 1. The Balaban J connectivity index is 1.70. The standard InChI is InChI=1S/C15H21N3S/c1-12-6-5-9-14(10-12)17-18-15(19)16-11-13-7-3-2-4-8-13/h2-4,7-8,10,12,17H,5-6,9,11H2,1H3,(H2,16,18,19)/t12-/m0/s1. The predicted octanol–water partition coefficient (Wildman–Crippen LogP) is 2.86. The summed E-state index contributed by atoms with van der Waals surface area (Å²) in [4.78, 5) is 0. The molecule has 0 heterocycles. The van der Waals surface area contributed by atoms with Crippen LogP contribution in [-0.2, 0) is 6.54 Å². The molecule has 3 nitrogen and oxygen atoms in total. The number of benzene rings is 1. The minimum Gasteiger partial charge on any atom is -0.357 e. The number of allylic oxidation sites excluding steroid dienone is 2. The largest absolute Gasteiger partial charge is 0.357 e. The third-order valence-electron chi connectivity index (χ3n) is 3.22. The zero-order valence-electron chi connectivity index (χ0n) is 11.3.